The molecule has 2 rings (SSSR count). The molecule has 0 amide bonds. The summed E-state index contributed by atoms with van der Waals surface area (Å²) in [6.45, 7) is 0.0359. The lowest BCUT2D eigenvalue weighted by Gasteiger charge is -2.09. The van der Waals surface area contributed by atoms with Gasteiger partial charge >= 0.3 is 0 Å². The van der Waals surface area contributed by atoms with E-state index in [1.807, 2.05) is 30.3 Å². The fourth-order valence-corrected chi connectivity index (χ4v) is 2.48. The number of aliphatic hydroxyl groups excluding tert-OH is 1. The minimum atomic E-state index is 0.0359. The first-order valence-electron chi connectivity index (χ1n) is 5.63. The topological polar surface area (TPSA) is 42.4 Å². The molecule has 0 fully saturated rings. The molecule has 2 aromatic rings. The SMILES string of the molecule is COc1cc(CO)ccc1CSc1ccncc1. The standard InChI is InChI=1S/C14H15NO2S/c1-17-14-8-11(9-16)2-3-12(14)10-18-13-4-6-15-7-5-13/h2-8,16H,9-10H2,1H3. The van der Waals surface area contributed by atoms with Crippen LogP contribution in [-0.4, -0.2) is 17.2 Å². The minimum Gasteiger partial charge on any atom is -0.496 e. The lowest BCUT2D eigenvalue weighted by molar-refractivity contribution is 0.281. The number of thioether (sulfide) groups is 1. The average molecular weight is 261 g/mol. The molecule has 1 aromatic heterocycles. The zero-order chi connectivity index (χ0) is 12.8. The second-order valence-corrected chi connectivity index (χ2v) is 4.82. The average Bonchev–Trinajstić information content (AvgIpc) is 2.46. The van der Waals surface area contributed by atoms with Gasteiger partial charge in [0.1, 0.15) is 5.75 Å². The van der Waals surface area contributed by atoms with Gasteiger partial charge in [-0.2, -0.15) is 0 Å². The highest BCUT2D eigenvalue weighted by Gasteiger charge is 2.05. The van der Waals surface area contributed by atoms with Gasteiger partial charge in [-0.15, -0.1) is 11.8 Å². The Kier molecular flexibility index (Phi) is 4.61. The second-order valence-electron chi connectivity index (χ2n) is 3.78. The zero-order valence-electron chi connectivity index (χ0n) is 10.2. The van der Waals surface area contributed by atoms with Crippen LogP contribution in [-0.2, 0) is 12.4 Å². The molecule has 1 aromatic carbocycles. The summed E-state index contributed by atoms with van der Waals surface area (Å²) in [5, 5.41) is 9.09. The highest BCUT2D eigenvalue weighted by atomic mass is 32.2. The van der Waals surface area contributed by atoms with Crippen LogP contribution in [0.3, 0.4) is 0 Å². The van der Waals surface area contributed by atoms with Crippen LogP contribution in [0.4, 0.5) is 0 Å². The number of pyridine rings is 1. The molecule has 3 nitrogen and oxygen atoms in total. The molecule has 0 spiro atoms. The van der Waals surface area contributed by atoms with E-state index < -0.39 is 0 Å². The zero-order valence-corrected chi connectivity index (χ0v) is 11.0. The molecule has 0 atom stereocenters. The Labute approximate surface area is 111 Å². The van der Waals surface area contributed by atoms with Crippen molar-refractivity contribution < 1.29 is 9.84 Å². The van der Waals surface area contributed by atoms with Crippen molar-refractivity contribution in [1.29, 1.82) is 0 Å². The normalized spacial score (nSPS) is 10.3. The van der Waals surface area contributed by atoms with Crippen LogP contribution in [0.2, 0.25) is 0 Å². The van der Waals surface area contributed by atoms with E-state index in [9.17, 15) is 0 Å². The van der Waals surface area contributed by atoms with Crippen LogP contribution < -0.4 is 4.74 Å². The van der Waals surface area contributed by atoms with Gasteiger partial charge in [0.25, 0.3) is 0 Å². The highest BCUT2D eigenvalue weighted by molar-refractivity contribution is 7.98. The number of methoxy groups -OCH3 is 1. The number of nitrogens with zero attached hydrogens (tertiary/aromatic N) is 1. The molecule has 0 aliphatic rings. The highest BCUT2D eigenvalue weighted by Crippen LogP contribution is 2.28. The van der Waals surface area contributed by atoms with Crippen molar-refractivity contribution in [1.82, 2.24) is 4.98 Å². The summed E-state index contributed by atoms with van der Waals surface area (Å²) in [7, 11) is 1.65. The number of rotatable bonds is 5. The van der Waals surface area contributed by atoms with E-state index in [0.717, 1.165) is 22.6 Å². The van der Waals surface area contributed by atoms with Crippen LogP contribution in [0.25, 0.3) is 0 Å². The maximum Gasteiger partial charge on any atom is 0.123 e. The van der Waals surface area contributed by atoms with Crippen molar-refractivity contribution >= 4 is 11.8 Å². The van der Waals surface area contributed by atoms with Crippen molar-refractivity contribution in [3.05, 3.63) is 53.9 Å². The van der Waals surface area contributed by atoms with Gasteiger partial charge in [0.15, 0.2) is 0 Å². The van der Waals surface area contributed by atoms with Crippen molar-refractivity contribution in [2.75, 3.05) is 7.11 Å². The van der Waals surface area contributed by atoms with Crippen LogP contribution >= 0.6 is 11.8 Å². The van der Waals surface area contributed by atoms with Gasteiger partial charge in [-0.1, -0.05) is 12.1 Å². The maximum absolute atomic E-state index is 9.09. The molecule has 0 radical (unpaired) electrons. The van der Waals surface area contributed by atoms with Crippen LogP contribution in [0, 0.1) is 0 Å². The van der Waals surface area contributed by atoms with Crippen LogP contribution in [0.5, 0.6) is 5.75 Å². The van der Waals surface area contributed by atoms with E-state index in [-0.39, 0.29) is 6.61 Å². The minimum absolute atomic E-state index is 0.0359. The number of ether oxygens (including phenoxy) is 1. The van der Waals surface area contributed by atoms with Crippen molar-refractivity contribution in [2.24, 2.45) is 0 Å². The van der Waals surface area contributed by atoms with Gasteiger partial charge in [-0.05, 0) is 23.8 Å². The van der Waals surface area contributed by atoms with Gasteiger partial charge in [-0.3, -0.25) is 4.98 Å². The van der Waals surface area contributed by atoms with E-state index in [2.05, 4.69) is 4.98 Å². The molecule has 1 heterocycles. The number of aliphatic hydroxyl groups is 1. The third-order valence-corrected chi connectivity index (χ3v) is 3.64. The predicted molar refractivity (Wildman–Crippen MR) is 72.7 cm³/mol. The van der Waals surface area contributed by atoms with E-state index in [1.165, 1.54) is 4.90 Å². The van der Waals surface area contributed by atoms with Gasteiger partial charge in [0.2, 0.25) is 0 Å². The predicted octanol–water partition coefficient (Wildman–Crippen LogP) is 2.87. The Morgan fingerprint density at radius 3 is 2.67 bits per heavy atom. The molecule has 4 heteroatoms. The molecular formula is C14H15NO2S. The molecule has 0 saturated heterocycles. The largest absolute Gasteiger partial charge is 0.496 e. The first-order chi connectivity index (χ1) is 8.83. The van der Waals surface area contributed by atoms with E-state index >= 15 is 0 Å². The fraction of sp³-hybridized carbons (Fsp3) is 0.214. The molecule has 0 unspecified atom stereocenters. The Balaban J connectivity index is 2.09. The first-order valence-corrected chi connectivity index (χ1v) is 6.61. The molecule has 0 saturated carbocycles. The van der Waals surface area contributed by atoms with Gasteiger partial charge < -0.3 is 9.84 Å². The molecule has 1 N–H and O–H groups in total. The number of hydrogen-bond donors (Lipinski definition) is 1. The summed E-state index contributed by atoms with van der Waals surface area (Å²) in [6, 6.07) is 9.77. The summed E-state index contributed by atoms with van der Waals surface area (Å²) < 4.78 is 5.34. The monoisotopic (exact) mass is 261 g/mol. The summed E-state index contributed by atoms with van der Waals surface area (Å²) in [6.07, 6.45) is 3.57. The Hall–Kier alpha value is -1.52. The lowest BCUT2D eigenvalue weighted by Crippen LogP contribution is -1.93. The summed E-state index contributed by atoms with van der Waals surface area (Å²) >= 11 is 1.73. The summed E-state index contributed by atoms with van der Waals surface area (Å²) in [5.74, 6) is 1.65. The van der Waals surface area contributed by atoms with Gasteiger partial charge in [0.05, 0.1) is 13.7 Å². The third-order valence-electron chi connectivity index (χ3n) is 2.58. The van der Waals surface area contributed by atoms with Crippen LogP contribution in [0.1, 0.15) is 11.1 Å². The number of aromatic nitrogens is 1. The molecule has 0 bridgehead atoms. The van der Waals surface area contributed by atoms with Gasteiger partial charge in [0, 0.05) is 28.6 Å². The summed E-state index contributed by atoms with van der Waals surface area (Å²) in [4.78, 5) is 5.17. The first kappa shape index (κ1) is 12.9. The van der Waals surface area contributed by atoms with Crippen molar-refractivity contribution in [3.63, 3.8) is 0 Å². The van der Waals surface area contributed by atoms with Crippen molar-refractivity contribution in [3.8, 4) is 5.75 Å². The third kappa shape index (κ3) is 3.24. The van der Waals surface area contributed by atoms with Crippen molar-refractivity contribution in [2.45, 2.75) is 17.3 Å². The molecule has 18 heavy (non-hydrogen) atoms. The molecular weight excluding hydrogens is 246 g/mol. The van der Waals surface area contributed by atoms with E-state index in [4.69, 9.17) is 9.84 Å². The van der Waals surface area contributed by atoms with E-state index in [1.54, 1.807) is 31.3 Å². The number of hydrogen-bond acceptors (Lipinski definition) is 4. The molecule has 94 valence electrons. The molecule has 0 aliphatic carbocycles. The Morgan fingerprint density at radius 1 is 1.22 bits per heavy atom. The Morgan fingerprint density at radius 2 is 2.00 bits per heavy atom. The van der Waals surface area contributed by atoms with E-state index in [0.29, 0.717) is 0 Å². The molecule has 0 aliphatic heterocycles. The van der Waals surface area contributed by atoms with Gasteiger partial charge in [-0.25, -0.2) is 0 Å². The number of benzene rings is 1. The Bertz CT molecular complexity index is 502. The smallest absolute Gasteiger partial charge is 0.123 e. The van der Waals surface area contributed by atoms with Crippen LogP contribution in [0.15, 0.2) is 47.6 Å². The second kappa shape index (κ2) is 6.42. The fourth-order valence-electron chi connectivity index (χ4n) is 1.60. The summed E-state index contributed by atoms with van der Waals surface area (Å²) in [5.41, 5.74) is 1.99. The maximum atomic E-state index is 9.09. The lowest BCUT2D eigenvalue weighted by atomic mass is 10.1. The quantitative estimate of drug-likeness (QED) is 0.840.